The molecule has 25 heavy (non-hydrogen) atoms. The van der Waals surface area contributed by atoms with E-state index in [1.54, 1.807) is 34.2 Å². The fourth-order valence-electron chi connectivity index (χ4n) is 2.61. The van der Waals surface area contributed by atoms with Gasteiger partial charge in [0.1, 0.15) is 5.82 Å². The Hall–Kier alpha value is -2.74. The molecule has 1 aromatic carbocycles. The summed E-state index contributed by atoms with van der Waals surface area (Å²) in [7, 11) is 2.03. The number of imidazole rings is 2. The van der Waals surface area contributed by atoms with E-state index in [2.05, 4.69) is 24.5 Å². The summed E-state index contributed by atoms with van der Waals surface area (Å²) in [4.78, 5) is 11.6. The maximum absolute atomic E-state index is 13.0. The van der Waals surface area contributed by atoms with Crippen molar-refractivity contribution in [3.63, 3.8) is 0 Å². The zero-order valence-electron chi connectivity index (χ0n) is 13.7. The summed E-state index contributed by atoms with van der Waals surface area (Å²) >= 11 is 1.55. The predicted octanol–water partition coefficient (Wildman–Crippen LogP) is 3.32. The lowest BCUT2D eigenvalue weighted by Crippen LogP contribution is -2.19. The van der Waals surface area contributed by atoms with Crippen molar-refractivity contribution in [2.24, 2.45) is 0 Å². The van der Waals surface area contributed by atoms with Gasteiger partial charge in [-0.2, -0.15) is 0 Å². The molecule has 3 heterocycles. The summed E-state index contributed by atoms with van der Waals surface area (Å²) in [5.41, 5.74) is 1.68. The molecule has 0 bridgehead atoms. The van der Waals surface area contributed by atoms with Crippen molar-refractivity contribution in [2.45, 2.75) is 13.0 Å². The molecule has 0 N–H and O–H groups in total. The largest absolute Gasteiger partial charge is 0.350 e. The van der Waals surface area contributed by atoms with E-state index < -0.39 is 0 Å². The number of hydrogen-bond acceptors (Lipinski definition) is 5. The second-order valence-electron chi connectivity index (χ2n) is 5.82. The Morgan fingerprint density at radius 2 is 2.08 bits per heavy atom. The summed E-state index contributed by atoms with van der Waals surface area (Å²) in [6.07, 6.45) is 8.47. The van der Waals surface area contributed by atoms with Gasteiger partial charge in [0.2, 0.25) is 10.1 Å². The summed E-state index contributed by atoms with van der Waals surface area (Å²) < 4.78 is 16.9. The van der Waals surface area contributed by atoms with Gasteiger partial charge in [0.25, 0.3) is 0 Å². The zero-order valence-corrected chi connectivity index (χ0v) is 14.5. The molecule has 0 saturated carbocycles. The molecule has 0 radical (unpaired) electrons. The topological polar surface area (TPSA) is 51.2 Å². The van der Waals surface area contributed by atoms with Gasteiger partial charge in [-0.1, -0.05) is 11.3 Å². The SMILES string of the molecule is CN(CCCn1ccnc1)c1nn2cc(-c3ccc(F)cc3)nc2s1. The first-order valence-corrected chi connectivity index (χ1v) is 8.80. The molecular weight excluding hydrogens is 339 g/mol. The third kappa shape index (κ3) is 3.39. The number of fused-ring (bicyclic) bond motifs is 1. The van der Waals surface area contributed by atoms with Crippen LogP contribution in [-0.4, -0.2) is 37.7 Å². The number of benzene rings is 1. The molecule has 0 atom stereocenters. The van der Waals surface area contributed by atoms with Gasteiger partial charge in [-0.3, -0.25) is 0 Å². The van der Waals surface area contributed by atoms with Crippen LogP contribution in [0.2, 0.25) is 0 Å². The maximum Gasteiger partial charge on any atom is 0.214 e. The molecule has 0 aliphatic carbocycles. The van der Waals surface area contributed by atoms with E-state index in [1.807, 2.05) is 25.8 Å². The average Bonchev–Trinajstić information content (AvgIpc) is 3.31. The van der Waals surface area contributed by atoms with Gasteiger partial charge in [-0.15, -0.1) is 5.10 Å². The highest BCUT2D eigenvalue weighted by molar-refractivity contribution is 7.20. The Labute approximate surface area is 148 Å². The number of aromatic nitrogens is 5. The molecule has 6 nitrogen and oxygen atoms in total. The molecule has 0 unspecified atom stereocenters. The van der Waals surface area contributed by atoms with Crippen LogP contribution >= 0.6 is 11.3 Å². The molecular formula is C17H17FN6S. The predicted molar refractivity (Wildman–Crippen MR) is 96.4 cm³/mol. The van der Waals surface area contributed by atoms with Gasteiger partial charge in [0, 0.05) is 38.1 Å². The number of hydrogen-bond donors (Lipinski definition) is 0. The van der Waals surface area contributed by atoms with Gasteiger partial charge in [-0.25, -0.2) is 18.9 Å². The Balaban J connectivity index is 1.44. The molecule has 0 aliphatic rings. The minimum atomic E-state index is -0.248. The molecule has 8 heteroatoms. The van der Waals surface area contributed by atoms with Gasteiger partial charge in [0.15, 0.2) is 0 Å². The van der Waals surface area contributed by atoms with Crippen LogP contribution in [0.5, 0.6) is 0 Å². The summed E-state index contributed by atoms with van der Waals surface area (Å²) in [6.45, 7) is 1.83. The summed E-state index contributed by atoms with van der Waals surface area (Å²) in [5, 5.41) is 5.53. The van der Waals surface area contributed by atoms with E-state index >= 15 is 0 Å². The molecule has 0 spiro atoms. The van der Waals surface area contributed by atoms with Crippen molar-refractivity contribution < 1.29 is 4.39 Å². The van der Waals surface area contributed by atoms with E-state index in [9.17, 15) is 4.39 Å². The monoisotopic (exact) mass is 356 g/mol. The lowest BCUT2D eigenvalue weighted by molar-refractivity contribution is 0.628. The Kier molecular flexibility index (Phi) is 4.19. The van der Waals surface area contributed by atoms with Crippen molar-refractivity contribution >= 4 is 21.4 Å². The van der Waals surface area contributed by atoms with E-state index in [0.717, 1.165) is 40.9 Å². The Morgan fingerprint density at radius 3 is 2.80 bits per heavy atom. The highest BCUT2D eigenvalue weighted by Crippen LogP contribution is 2.26. The molecule has 3 aromatic heterocycles. The lowest BCUT2D eigenvalue weighted by Gasteiger charge is -2.14. The molecule has 0 fully saturated rings. The van der Waals surface area contributed by atoms with Crippen LogP contribution in [0, 0.1) is 5.82 Å². The number of nitrogens with zero attached hydrogens (tertiary/aromatic N) is 6. The molecule has 128 valence electrons. The number of halogens is 1. The fraction of sp³-hybridized carbons (Fsp3) is 0.235. The smallest absolute Gasteiger partial charge is 0.214 e. The van der Waals surface area contributed by atoms with E-state index in [4.69, 9.17) is 0 Å². The Morgan fingerprint density at radius 1 is 1.24 bits per heavy atom. The first kappa shape index (κ1) is 15.8. The van der Waals surface area contributed by atoms with Crippen LogP contribution < -0.4 is 4.90 Å². The first-order valence-electron chi connectivity index (χ1n) is 7.98. The molecule has 4 rings (SSSR count). The number of rotatable bonds is 6. The third-order valence-corrected chi connectivity index (χ3v) is 5.00. The second-order valence-corrected chi connectivity index (χ2v) is 6.75. The van der Waals surface area contributed by atoms with Crippen LogP contribution in [0.15, 0.2) is 49.2 Å². The zero-order chi connectivity index (χ0) is 17.2. The van der Waals surface area contributed by atoms with Crippen molar-refractivity contribution in [2.75, 3.05) is 18.5 Å². The number of anilines is 1. The lowest BCUT2D eigenvalue weighted by atomic mass is 10.2. The highest BCUT2D eigenvalue weighted by atomic mass is 32.1. The summed E-state index contributed by atoms with van der Waals surface area (Å²) in [5.74, 6) is -0.248. The molecule has 4 aromatic rings. The minimum Gasteiger partial charge on any atom is -0.350 e. The van der Waals surface area contributed by atoms with Crippen molar-refractivity contribution in [3.05, 3.63) is 55.0 Å². The summed E-state index contributed by atoms with van der Waals surface area (Å²) in [6, 6.07) is 6.33. The standard InChI is InChI=1S/C17H17FN6S/c1-22(8-2-9-23-10-7-19-12-23)17-21-24-11-15(20-16(24)25-17)13-3-5-14(18)6-4-13/h3-7,10-12H,2,8-9H2,1H3. The van der Waals surface area contributed by atoms with Crippen molar-refractivity contribution in [3.8, 4) is 11.3 Å². The van der Waals surface area contributed by atoms with Crippen LogP contribution in [0.25, 0.3) is 16.2 Å². The van der Waals surface area contributed by atoms with Crippen LogP contribution in [0.3, 0.4) is 0 Å². The number of aryl methyl sites for hydroxylation is 1. The molecule has 0 amide bonds. The van der Waals surface area contributed by atoms with Gasteiger partial charge in [0.05, 0.1) is 18.2 Å². The average molecular weight is 356 g/mol. The minimum absolute atomic E-state index is 0.248. The van der Waals surface area contributed by atoms with Crippen molar-refractivity contribution in [1.82, 2.24) is 24.1 Å². The normalized spacial score (nSPS) is 11.3. The quantitative estimate of drug-likeness (QED) is 0.532. The van der Waals surface area contributed by atoms with Crippen molar-refractivity contribution in [1.29, 1.82) is 0 Å². The molecule has 0 aliphatic heterocycles. The van der Waals surface area contributed by atoms with E-state index in [0.29, 0.717) is 0 Å². The van der Waals surface area contributed by atoms with E-state index in [1.165, 1.54) is 12.1 Å². The fourth-order valence-corrected chi connectivity index (χ4v) is 3.48. The van der Waals surface area contributed by atoms with Crippen LogP contribution in [0.4, 0.5) is 9.52 Å². The van der Waals surface area contributed by atoms with Crippen LogP contribution in [-0.2, 0) is 6.54 Å². The second kappa shape index (κ2) is 6.64. The van der Waals surface area contributed by atoms with Gasteiger partial charge >= 0.3 is 0 Å². The highest BCUT2D eigenvalue weighted by Gasteiger charge is 2.12. The molecule has 0 saturated heterocycles. The Bertz CT molecular complexity index is 926. The van der Waals surface area contributed by atoms with Gasteiger partial charge in [-0.05, 0) is 30.7 Å². The third-order valence-electron chi connectivity index (χ3n) is 3.97. The first-order chi connectivity index (χ1) is 12.2. The van der Waals surface area contributed by atoms with E-state index in [-0.39, 0.29) is 5.82 Å². The maximum atomic E-state index is 13.0. The van der Waals surface area contributed by atoms with Gasteiger partial charge < -0.3 is 9.47 Å². The van der Waals surface area contributed by atoms with Crippen LogP contribution in [0.1, 0.15) is 6.42 Å².